The summed E-state index contributed by atoms with van der Waals surface area (Å²) in [5, 5.41) is 9.39. The number of hydrogen-bond donors (Lipinski definition) is 1. The molecule has 1 saturated carbocycles. The minimum absolute atomic E-state index is 0.274. The maximum absolute atomic E-state index is 11.4. The molecular weight excluding hydrogens is 218 g/mol. The van der Waals surface area contributed by atoms with Gasteiger partial charge in [0.15, 0.2) is 0 Å². The summed E-state index contributed by atoms with van der Waals surface area (Å²) in [6.45, 7) is 0.783. The lowest BCUT2D eigenvalue weighted by Crippen LogP contribution is -2.40. The molecule has 5 nitrogen and oxygen atoms in total. The molecule has 1 aromatic rings. The number of carboxylic acids is 1. The molecule has 0 radical (unpaired) electrons. The van der Waals surface area contributed by atoms with Gasteiger partial charge in [0, 0.05) is 18.9 Å². The van der Waals surface area contributed by atoms with Crippen molar-refractivity contribution in [3.63, 3.8) is 0 Å². The Morgan fingerprint density at radius 2 is 2.12 bits per heavy atom. The summed E-state index contributed by atoms with van der Waals surface area (Å²) in [5.41, 5.74) is 0. The van der Waals surface area contributed by atoms with Gasteiger partial charge in [-0.05, 0) is 30.7 Å². The number of aromatic nitrogens is 2. The number of carbonyl (C=O) groups is 1. The Morgan fingerprint density at radius 3 is 2.82 bits per heavy atom. The first-order valence-corrected chi connectivity index (χ1v) is 6.04. The van der Waals surface area contributed by atoms with Crippen LogP contribution in [-0.4, -0.2) is 33.6 Å². The zero-order chi connectivity index (χ0) is 11.8. The van der Waals surface area contributed by atoms with Gasteiger partial charge >= 0.3 is 5.97 Å². The summed E-state index contributed by atoms with van der Waals surface area (Å²) in [6, 6.07) is 1.31. The minimum Gasteiger partial charge on any atom is -0.480 e. The molecular formula is C12H15N3O2. The lowest BCUT2D eigenvalue weighted by Gasteiger charge is -2.23. The molecule has 3 atom stereocenters. The van der Waals surface area contributed by atoms with Crippen LogP contribution in [-0.2, 0) is 4.79 Å². The first-order chi connectivity index (χ1) is 8.27. The quantitative estimate of drug-likeness (QED) is 0.830. The number of rotatable bonds is 2. The molecule has 0 amide bonds. The molecule has 90 valence electrons. The van der Waals surface area contributed by atoms with E-state index >= 15 is 0 Å². The van der Waals surface area contributed by atoms with Crippen LogP contribution in [0.25, 0.3) is 0 Å². The fraction of sp³-hybridized carbons (Fsp3) is 0.583. The van der Waals surface area contributed by atoms with Crippen molar-refractivity contribution in [3.05, 3.63) is 18.5 Å². The summed E-state index contributed by atoms with van der Waals surface area (Å²) >= 11 is 0. The number of fused-ring (bicyclic) bond motifs is 1. The zero-order valence-electron chi connectivity index (χ0n) is 9.49. The van der Waals surface area contributed by atoms with Gasteiger partial charge in [0.05, 0.1) is 0 Å². The van der Waals surface area contributed by atoms with Crippen molar-refractivity contribution in [2.75, 3.05) is 11.4 Å². The standard InChI is InChI=1S/C12H15N3O2/c16-11(17)10-9-4-1-3-8(9)7-15(10)12-13-5-2-6-14-12/h2,5-6,8-10H,1,3-4,7H2,(H,16,17). The van der Waals surface area contributed by atoms with E-state index in [1.165, 1.54) is 0 Å². The maximum atomic E-state index is 11.4. The third-order valence-electron chi connectivity index (χ3n) is 3.95. The van der Waals surface area contributed by atoms with E-state index in [2.05, 4.69) is 9.97 Å². The molecule has 0 aromatic carbocycles. The van der Waals surface area contributed by atoms with E-state index in [1.807, 2.05) is 4.90 Å². The topological polar surface area (TPSA) is 66.3 Å². The smallest absolute Gasteiger partial charge is 0.326 e. The Bertz CT molecular complexity index is 423. The van der Waals surface area contributed by atoms with Crippen LogP contribution in [0.2, 0.25) is 0 Å². The average molecular weight is 233 g/mol. The molecule has 1 saturated heterocycles. The van der Waals surface area contributed by atoms with E-state index in [4.69, 9.17) is 0 Å². The maximum Gasteiger partial charge on any atom is 0.326 e. The lowest BCUT2D eigenvalue weighted by atomic mass is 9.94. The summed E-state index contributed by atoms with van der Waals surface area (Å²) in [6.07, 6.45) is 6.63. The van der Waals surface area contributed by atoms with E-state index < -0.39 is 12.0 Å². The highest BCUT2D eigenvalue weighted by atomic mass is 16.4. The second-order valence-electron chi connectivity index (χ2n) is 4.84. The van der Waals surface area contributed by atoms with E-state index in [0.29, 0.717) is 11.9 Å². The predicted octanol–water partition coefficient (Wildman–Crippen LogP) is 1.17. The van der Waals surface area contributed by atoms with Crippen LogP contribution in [0.15, 0.2) is 18.5 Å². The monoisotopic (exact) mass is 233 g/mol. The fourth-order valence-corrected chi connectivity index (χ4v) is 3.27. The largest absolute Gasteiger partial charge is 0.480 e. The SMILES string of the molecule is O=C(O)C1C2CCCC2CN1c1ncccn1. The fourth-order valence-electron chi connectivity index (χ4n) is 3.27. The van der Waals surface area contributed by atoms with Crippen LogP contribution in [0.4, 0.5) is 5.95 Å². The number of hydrogen-bond acceptors (Lipinski definition) is 4. The van der Waals surface area contributed by atoms with Crippen LogP contribution < -0.4 is 4.90 Å². The van der Waals surface area contributed by atoms with Crippen molar-refractivity contribution in [3.8, 4) is 0 Å². The Balaban J connectivity index is 1.92. The van der Waals surface area contributed by atoms with Crippen LogP contribution in [0, 0.1) is 11.8 Å². The summed E-state index contributed by atoms with van der Waals surface area (Å²) in [4.78, 5) is 21.6. The van der Waals surface area contributed by atoms with E-state index in [0.717, 1.165) is 25.8 Å². The Labute approximate surface area is 99.5 Å². The molecule has 1 aromatic heterocycles. The minimum atomic E-state index is -0.744. The van der Waals surface area contributed by atoms with Crippen molar-refractivity contribution in [1.29, 1.82) is 0 Å². The van der Waals surface area contributed by atoms with E-state index in [1.54, 1.807) is 18.5 Å². The van der Waals surface area contributed by atoms with Crippen molar-refractivity contribution >= 4 is 11.9 Å². The molecule has 17 heavy (non-hydrogen) atoms. The van der Waals surface area contributed by atoms with Gasteiger partial charge in [0.2, 0.25) is 5.95 Å². The summed E-state index contributed by atoms with van der Waals surface area (Å²) in [7, 11) is 0. The molecule has 2 fully saturated rings. The molecule has 1 aliphatic carbocycles. The van der Waals surface area contributed by atoms with Crippen LogP contribution in [0.3, 0.4) is 0 Å². The molecule has 2 aliphatic rings. The highest BCUT2D eigenvalue weighted by Crippen LogP contribution is 2.43. The molecule has 1 aliphatic heterocycles. The molecule has 2 heterocycles. The molecule has 0 spiro atoms. The molecule has 0 bridgehead atoms. The first-order valence-electron chi connectivity index (χ1n) is 6.04. The third-order valence-corrected chi connectivity index (χ3v) is 3.95. The highest BCUT2D eigenvalue weighted by Gasteiger charge is 2.48. The first kappa shape index (κ1) is 10.5. The van der Waals surface area contributed by atoms with Crippen LogP contribution in [0.1, 0.15) is 19.3 Å². The van der Waals surface area contributed by atoms with Crippen molar-refractivity contribution in [1.82, 2.24) is 9.97 Å². The molecule has 3 rings (SSSR count). The summed E-state index contributed by atoms with van der Waals surface area (Å²) in [5.74, 6) is 0.581. The van der Waals surface area contributed by atoms with Gasteiger partial charge in [-0.25, -0.2) is 14.8 Å². The lowest BCUT2D eigenvalue weighted by molar-refractivity contribution is -0.139. The normalized spacial score (nSPS) is 31.5. The van der Waals surface area contributed by atoms with Crippen molar-refractivity contribution in [2.45, 2.75) is 25.3 Å². The molecule has 1 N–H and O–H groups in total. The van der Waals surface area contributed by atoms with Crippen molar-refractivity contribution in [2.24, 2.45) is 11.8 Å². The molecule has 3 unspecified atom stereocenters. The predicted molar refractivity (Wildman–Crippen MR) is 61.6 cm³/mol. The van der Waals surface area contributed by atoms with Crippen LogP contribution in [0.5, 0.6) is 0 Å². The number of aliphatic carboxylic acids is 1. The number of anilines is 1. The average Bonchev–Trinajstić information content (AvgIpc) is 2.88. The summed E-state index contributed by atoms with van der Waals surface area (Å²) < 4.78 is 0. The van der Waals surface area contributed by atoms with Gasteiger partial charge in [0.25, 0.3) is 0 Å². The van der Waals surface area contributed by atoms with Gasteiger partial charge in [-0.2, -0.15) is 0 Å². The number of carboxylic acid groups (broad SMARTS) is 1. The van der Waals surface area contributed by atoms with E-state index in [9.17, 15) is 9.90 Å². The van der Waals surface area contributed by atoms with Crippen LogP contribution >= 0.6 is 0 Å². The zero-order valence-corrected chi connectivity index (χ0v) is 9.49. The van der Waals surface area contributed by atoms with Gasteiger partial charge in [-0.3, -0.25) is 0 Å². The van der Waals surface area contributed by atoms with Crippen molar-refractivity contribution < 1.29 is 9.90 Å². The van der Waals surface area contributed by atoms with E-state index in [-0.39, 0.29) is 5.92 Å². The van der Waals surface area contributed by atoms with Gasteiger partial charge in [0.1, 0.15) is 6.04 Å². The van der Waals surface area contributed by atoms with Gasteiger partial charge < -0.3 is 10.0 Å². The second kappa shape index (κ2) is 3.98. The van der Waals surface area contributed by atoms with Gasteiger partial charge in [-0.1, -0.05) is 6.42 Å². The Kier molecular flexibility index (Phi) is 2.46. The highest BCUT2D eigenvalue weighted by molar-refractivity contribution is 5.78. The molecule has 5 heteroatoms. The Hall–Kier alpha value is -1.65. The van der Waals surface area contributed by atoms with Gasteiger partial charge in [-0.15, -0.1) is 0 Å². The second-order valence-corrected chi connectivity index (χ2v) is 4.84. The number of nitrogens with zero attached hydrogens (tertiary/aromatic N) is 3. The third kappa shape index (κ3) is 1.66. The Morgan fingerprint density at radius 1 is 1.35 bits per heavy atom.